The second kappa shape index (κ2) is 9.89. The number of nitrogens with one attached hydrogen (secondary N) is 2. The molecule has 0 saturated heterocycles. The van der Waals surface area contributed by atoms with Crippen molar-refractivity contribution in [2.75, 3.05) is 11.9 Å². The van der Waals surface area contributed by atoms with Crippen molar-refractivity contribution in [1.82, 2.24) is 5.32 Å². The Morgan fingerprint density at radius 2 is 1.55 bits per heavy atom. The minimum atomic E-state index is -0.392. The number of rotatable bonds is 7. The Morgan fingerprint density at radius 1 is 0.935 bits per heavy atom. The molecule has 0 saturated carbocycles. The minimum Gasteiger partial charge on any atom is -0.483 e. The first kappa shape index (κ1) is 22.0. The van der Waals surface area contributed by atoms with Gasteiger partial charge in [0.1, 0.15) is 11.6 Å². The van der Waals surface area contributed by atoms with E-state index in [1.807, 2.05) is 51.1 Å². The average Bonchev–Trinajstić information content (AvgIpc) is 2.74. The van der Waals surface area contributed by atoms with Crippen molar-refractivity contribution in [3.8, 4) is 5.75 Å². The molecule has 0 spiro atoms. The third kappa shape index (κ3) is 5.92. The summed E-state index contributed by atoms with van der Waals surface area (Å²) < 4.78 is 18.7. The van der Waals surface area contributed by atoms with E-state index in [1.165, 1.54) is 24.3 Å². The van der Waals surface area contributed by atoms with Gasteiger partial charge in [-0.1, -0.05) is 30.3 Å². The lowest BCUT2D eigenvalue weighted by molar-refractivity contribution is -0.123. The molecule has 0 aliphatic rings. The zero-order valence-electron chi connectivity index (χ0n) is 17.7. The van der Waals surface area contributed by atoms with Gasteiger partial charge in [0.05, 0.1) is 6.04 Å². The van der Waals surface area contributed by atoms with Crippen molar-refractivity contribution in [1.29, 1.82) is 0 Å². The molecule has 0 aliphatic carbocycles. The fraction of sp³-hybridized carbons (Fsp3) is 0.200. The van der Waals surface area contributed by atoms with E-state index >= 15 is 0 Å². The average molecular weight is 420 g/mol. The van der Waals surface area contributed by atoms with E-state index in [0.29, 0.717) is 11.3 Å². The molecule has 5 nitrogen and oxygen atoms in total. The lowest BCUT2D eigenvalue weighted by Crippen LogP contribution is -2.31. The molecule has 1 unspecified atom stereocenters. The van der Waals surface area contributed by atoms with Crippen LogP contribution in [-0.4, -0.2) is 18.4 Å². The summed E-state index contributed by atoms with van der Waals surface area (Å²) in [4.78, 5) is 24.5. The number of para-hydroxylation sites is 1. The van der Waals surface area contributed by atoms with E-state index in [4.69, 9.17) is 4.74 Å². The Labute approximate surface area is 181 Å². The second-order valence-corrected chi connectivity index (χ2v) is 7.38. The lowest BCUT2D eigenvalue weighted by Gasteiger charge is -2.16. The van der Waals surface area contributed by atoms with E-state index in [-0.39, 0.29) is 24.5 Å². The number of aryl methyl sites for hydroxylation is 2. The van der Waals surface area contributed by atoms with Crippen LogP contribution < -0.4 is 15.4 Å². The van der Waals surface area contributed by atoms with E-state index in [0.717, 1.165) is 22.4 Å². The van der Waals surface area contributed by atoms with Gasteiger partial charge in [-0.25, -0.2) is 4.39 Å². The Hall–Kier alpha value is -3.67. The summed E-state index contributed by atoms with van der Waals surface area (Å²) in [6, 6.07) is 18.1. The Bertz CT molecular complexity index is 1040. The smallest absolute Gasteiger partial charge is 0.258 e. The summed E-state index contributed by atoms with van der Waals surface area (Å²) in [5.74, 6) is -0.204. The predicted molar refractivity (Wildman–Crippen MR) is 119 cm³/mol. The molecule has 1 atom stereocenters. The van der Waals surface area contributed by atoms with Crippen LogP contribution in [0.4, 0.5) is 10.1 Å². The van der Waals surface area contributed by atoms with Crippen LogP contribution in [0.1, 0.15) is 40.0 Å². The van der Waals surface area contributed by atoms with Crippen molar-refractivity contribution in [3.05, 3.63) is 94.8 Å². The van der Waals surface area contributed by atoms with Gasteiger partial charge in [0.25, 0.3) is 11.8 Å². The number of carbonyl (C=O) groups is 2. The number of carbonyl (C=O) groups excluding carboxylic acids is 2. The number of anilines is 1. The van der Waals surface area contributed by atoms with E-state index in [1.54, 1.807) is 12.1 Å². The number of benzene rings is 3. The van der Waals surface area contributed by atoms with Crippen LogP contribution in [0.25, 0.3) is 0 Å². The van der Waals surface area contributed by atoms with Gasteiger partial charge >= 0.3 is 0 Å². The highest BCUT2D eigenvalue weighted by Crippen LogP contribution is 2.22. The first-order chi connectivity index (χ1) is 14.8. The molecule has 0 radical (unpaired) electrons. The number of amides is 2. The van der Waals surface area contributed by atoms with Crippen LogP contribution in [0.3, 0.4) is 0 Å². The summed E-state index contributed by atoms with van der Waals surface area (Å²) in [7, 11) is 0. The summed E-state index contributed by atoms with van der Waals surface area (Å²) in [6.07, 6.45) is 0. The maximum absolute atomic E-state index is 13.0. The molecular weight excluding hydrogens is 395 g/mol. The fourth-order valence-corrected chi connectivity index (χ4v) is 3.19. The van der Waals surface area contributed by atoms with Crippen LogP contribution in [-0.2, 0) is 4.79 Å². The first-order valence-electron chi connectivity index (χ1n) is 9.99. The standard InChI is InChI=1S/C25H25FN2O3/c1-16-5-4-6-17(2)24(16)31-15-23(29)27-18(3)19-9-13-22(14-10-19)28-25(30)20-7-11-21(26)12-8-20/h4-14,18H,15H2,1-3H3,(H,27,29)(H,28,30). The summed E-state index contributed by atoms with van der Waals surface area (Å²) in [5, 5.41) is 5.67. The van der Waals surface area contributed by atoms with Crippen LogP contribution in [0.15, 0.2) is 66.7 Å². The van der Waals surface area contributed by atoms with Gasteiger partial charge in [-0.15, -0.1) is 0 Å². The maximum Gasteiger partial charge on any atom is 0.258 e. The van der Waals surface area contributed by atoms with E-state index < -0.39 is 5.82 Å². The summed E-state index contributed by atoms with van der Waals surface area (Å²) in [6.45, 7) is 5.70. The van der Waals surface area contributed by atoms with Gasteiger partial charge in [0.15, 0.2) is 6.61 Å². The maximum atomic E-state index is 13.0. The molecule has 0 aliphatic heterocycles. The van der Waals surface area contributed by atoms with Crippen LogP contribution in [0, 0.1) is 19.7 Å². The predicted octanol–water partition coefficient (Wildman–Crippen LogP) is 4.95. The van der Waals surface area contributed by atoms with Crippen molar-refractivity contribution >= 4 is 17.5 Å². The molecular formula is C25H25FN2O3. The molecule has 3 rings (SSSR count). The van der Waals surface area contributed by atoms with E-state index in [2.05, 4.69) is 10.6 Å². The second-order valence-electron chi connectivity index (χ2n) is 7.38. The molecule has 3 aromatic carbocycles. The van der Waals surface area contributed by atoms with Gasteiger partial charge in [-0.05, 0) is 73.9 Å². The fourth-order valence-electron chi connectivity index (χ4n) is 3.19. The third-order valence-electron chi connectivity index (χ3n) is 4.91. The highest BCUT2D eigenvalue weighted by Gasteiger charge is 2.12. The lowest BCUT2D eigenvalue weighted by atomic mass is 10.1. The number of hydrogen-bond donors (Lipinski definition) is 2. The van der Waals surface area contributed by atoms with Gasteiger partial charge in [0.2, 0.25) is 0 Å². The Kier molecular flexibility index (Phi) is 7.03. The molecule has 0 fully saturated rings. The first-order valence-corrected chi connectivity index (χ1v) is 9.99. The molecule has 6 heteroatoms. The molecule has 160 valence electrons. The molecule has 2 N–H and O–H groups in total. The zero-order chi connectivity index (χ0) is 22.4. The van der Waals surface area contributed by atoms with Gasteiger partial charge in [-0.2, -0.15) is 0 Å². The van der Waals surface area contributed by atoms with Gasteiger partial charge in [0, 0.05) is 11.3 Å². The largest absolute Gasteiger partial charge is 0.483 e. The topological polar surface area (TPSA) is 67.4 Å². The van der Waals surface area contributed by atoms with Crippen molar-refractivity contribution in [2.45, 2.75) is 26.8 Å². The molecule has 2 amide bonds. The van der Waals surface area contributed by atoms with Crippen molar-refractivity contribution < 1.29 is 18.7 Å². The molecule has 0 aromatic heterocycles. The molecule has 31 heavy (non-hydrogen) atoms. The number of halogens is 1. The molecule has 0 bridgehead atoms. The SMILES string of the molecule is Cc1cccc(C)c1OCC(=O)NC(C)c1ccc(NC(=O)c2ccc(F)cc2)cc1. The Balaban J connectivity index is 1.53. The van der Waals surface area contributed by atoms with Crippen LogP contribution in [0.5, 0.6) is 5.75 Å². The molecule has 3 aromatic rings. The van der Waals surface area contributed by atoms with E-state index in [9.17, 15) is 14.0 Å². The third-order valence-corrected chi connectivity index (χ3v) is 4.91. The van der Waals surface area contributed by atoms with Crippen LogP contribution in [0.2, 0.25) is 0 Å². The van der Waals surface area contributed by atoms with Gasteiger partial charge < -0.3 is 15.4 Å². The normalized spacial score (nSPS) is 11.5. The summed E-state index contributed by atoms with van der Waals surface area (Å²) in [5.41, 5.74) is 3.84. The van der Waals surface area contributed by atoms with Crippen LogP contribution >= 0.6 is 0 Å². The van der Waals surface area contributed by atoms with Crippen molar-refractivity contribution in [3.63, 3.8) is 0 Å². The zero-order valence-corrected chi connectivity index (χ0v) is 17.7. The quantitative estimate of drug-likeness (QED) is 0.568. The monoisotopic (exact) mass is 420 g/mol. The number of ether oxygens (including phenoxy) is 1. The van der Waals surface area contributed by atoms with Crippen molar-refractivity contribution in [2.24, 2.45) is 0 Å². The highest BCUT2D eigenvalue weighted by atomic mass is 19.1. The van der Waals surface area contributed by atoms with Gasteiger partial charge in [-0.3, -0.25) is 9.59 Å². The summed E-state index contributed by atoms with van der Waals surface area (Å²) >= 11 is 0. The minimum absolute atomic E-state index is 0.0676. The molecule has 0 heterocycles. The number of hydrogen-bond acceptors (Lipinski definition) is 3. The highest BCUT2D eigenvalue weighted by molar-refractivity contribution is 6.04. The Morgan fingerprint density at radius 3 is 2.16 bits per heavy atom.